The van der Waals surface area contributed by atoms with Crippen LogP contribution in [-0.4, -0.2) is 74.0 Å². The summed E-state index contributed by atoms with van der Waals surface area (Å²) in [5, 5.41) is 34.9. The van der Waals surface area contributed by atoms with Gasteiger partial charge in [-0.1, -0.05) is 72.9 Å². The van der Waals surface area contributed by atoms with Gasteiger partial charge in [-0.15, -0.1) is 11.8 Å². The molecule has 0 radical (unpaired) electrons. The van der Waals surface area contributed by atoms with Crippen LogP contribution in [0.5, 0.6) is 11.8 Å². The van der Waals surface area contributed by atoms with Crippen molar-refractivity contribution in [3.05, 3.63) is 35.9 Å². The first kappa shape index (κ1) is 48.5. The Morgan fingerprint density at radius 2 is 1.56 bits per heavy atom. The van der Waals surface area contributed by atoms with Crippen molar-refractivity contribution in [2.45, 2.75) is 160 Å². The van der Waals surface area contributed by atoms with Crippen molar-refractivity contribution in [2.75, 3.05) is 11.9 Å². The van der Waals surface area contributed by atoms with E-state index in [0.717, 1.165) is 37.7 Å². The van der Waals surface area contributed by atoms with E-state index in [9.17, 15) is 34.2 Å². The molecule has 0 aliphatic heterocycles. The third-order valence-corrected chi connectivity index (χ3v) is 11.6. The van der Waals surface area contributed by atoms with Crippen LogP contribution in [0.1, 0.15) is 125 Å². The molecule has 1 heterocycles. The van der Waals surface area contributed by atoms with E-state index in [1.807, 2.05) is 6.92 Å². The second-order valence-electron chi connectivity index (χ2n) is 15.1. The zero-order valence-corrected chi connectivity index (χ0v) is 35.7. The normalized spacial score (nSPS) is 13.0. The number of amides is 6. The smallest absolute Gasteiger partial charge is 0.407 e. The molecule has 3 atom stereocenters. The van der Waals surface area contributed by atoms with Gasteiger partial charge in [-0.2, -0.15) is 0 Å². The number of nitrogens with two attached hydrogens (primary N) is 1. The highest BCUT2D eigenvalue weighted by atomic mass is 32.2. The van der Waals surface area contributed by atoms with Crippen molar-refractivity contribution in [3.63, 3.8) is 0 Å². The number of urea groups is 1. The molecule has 15 nitrogen and oxygen atoms in total. The van der Waals surface area contributed by atoms with Crippen LogP contribution < -0.4 is 32.3 Å². The fourth-order valence-corrected chi connectivity index (χ4v) is 7.09. The average Bonchev–Trinajstić information content (AvgIpc) is 3.43. The maximum atomic E-state index is 13.5. The Balaban J connectivity index is 1.95. The van der Waals surface area contributed by atoms with Crippen molar-refractivity contribution in [1.29, 1.82) is 0 Å². The highest BCUT2D eigenvalue weighted by molar-refractivity contribution is 8.00. The minimum atomic E-state index is -0.996. The summed E-state index contributed by atoms with van der Waals surface area (Å²) in [7, 11) is 0. The maximum Gasteiger partial charge on any atom is 0.407 e. The number of anilines is 1. The van der Waals surface area contributed by atoms with Crippen LogP contribution in [0, 0.1) is 5.92 Å². The van der Waals surface area contributed by atoms with Crippen molar-refractivity contribution in [2.24, 2.45) is 11.7 Å². The molecular weight excluding hydrogens is 751 g/mol. The number of hydrogen-bond donors (Lipinski definition) is 8. The van der Waals surface area contributed by atoms with Crippen LogP contribution in [0.2, 0.25) is 0 Å². The summed E-state index contributed by atoms with van der Waals surface area (Å²) in [5.41, 5.74) is 6.37. The van der Waals surface area contributed by atoms with Gasteiger partial charge < -0.3 is 47.3 Å². The quantitative estimate of drug-likeness (QED) is 0.0375. The molecule has 0 saturated carbocycles. The Labute approximate surface area is 342 Å². The first-order chi connectivity index (χ1) is 27.0. The minimum Gasteiger partial charge on any atom is -0.494 e. The minimum absolute atomic E-state index is 0.00210. The molecule has 9 N–H and O–H groups in total. The van der Waals surface area contributed by atoms with Gasteiger partial charge in [-0.25, -0.2) is 9.59 Å². The number of unbranched alkanes of at least 4 members (excludes halogenated alkanes) is 3. The van der Waals surface area contributed by atoms with E-state index in [0.29, 0.717) is 42.8 Å². The molecule has 0 spiro atoms. The molecule has 2 aromatic rings. The molecule has 0 saturated heterocycles. The van der Waals surface area contributed by atoms with E-state index >= 15 is 0 Å². The first-order valence-corrected chi connectivity index (χ1v) is 21.1. The monoisotopic (exact) mass is 817 g/mol. The van der Waals surface area contributed by atoms with Crippen LogP contribution in [-0.2, 0) is 32.3 Å². The zero-order valence-electron chi connectivity index (χ0n) is 34.9. The Morgan fingerprint density at radius 3 is 2.18 bits per heavy atom. The van der Waals surface area contributed by atoms with Crippen LogP contribution in [0.4, 0.5) is 15.3 Å². The number of nitrogens with zero attached hydrogens (tertiary/aromatic N) is 1. The van der Waals surface area contributed by atoms with E-state index < -0.39 is 36.0 Å². The van der Waals surface area contributed by atoms with Gasteiger partial charge >= 0.3 is 12.1 Å². The average molecular weight is 818 g/mol. The summed E-state index contributed by atoms with van der Waals surface area (Å²) < 4.78 is 6.75. The number of carbonyl (C=O) groups excluding carboxylic acids is 5. The van der Waals surface area contributed by atoms with Gasteiger partial charge in [-0.05, 0) is 75.5 Å². The number of primary amides is 1. The Morgan fingerprint density at radius 1 is 0.877 bits per heavy atom. The highest BCUT2D eigenvalue weighted by Gasteiger charge is 2.29. The molecule has 0 aliphatic carbocycles. The van der Waals surface area contributed by atoms with Gasteiger partial charge in [0.1, 0.15) is 18.7 Å². The lowest BCUT2D eigenvalue weighted by Crippen LogP contribution is -2.54. The van der Waals surface area contributed by atoms with Crippen molar-refractivity contribution < 1.29 is 38.9 Å². The van der Waals surface area contributed by atoms with Crippen molar-refractivity contribution in [3.8, 4) is 11.8 Å². The zero-order chi connectivity index (χ0) is 42.5. The fraction of sp³-hybridized carbons (Fsp3) is 0.634. The number of rotatable bonds is 26. The third-order valence-electron chi connectivity index (χ3n) is 9.96. The number of hydrogen-bond acceptors (Lipinski definition) is 9. The molecule has 0 aliphatic rings. The summed E-state index contributed by atoms with van der Waals surface area (Å²) in [6.07, 6.45) is 6.73. The summed E-state index contributed by atoms with van der Waals surface area (Å²) in [6.45, 7) is 14.6. The Hall–Kier alpha value is -4.60. The van der Waals surface area contributed by atoms with Gasteiger partial charge in [0.2, 0.25) is 23.6 Å². The van der Waals surface area contributed by atoms with Crippen LogP contribution in [0.15, 0.2) is 35.2 Å². The van der Waals surface area contributed by atoms with E-state index in [4.69, 9.17) is 10.5 Å². The fourth-order valence-electron chi connectivity index (χ4n) is 5.91. The second-order valence-corrected chi connectivity index (χ2v) is 16.8. The van der Waals surface area contributed by atoms with Gasteiger partial charge in [-0.3, -0.25) is 19.0 Å². The molecule has 1 aromatic carbocycles. The summed E-state index contributed by atoms with van der Waals surface area (Å²) in [5.74, 6) is -1.58. The molecule has 320 valence electrons. The van der Waals surface area contributed by atoms with Crippen LogP contribution >= 0.6 is 11.8 Å². The molecule has 6 amide bonds. The van der Waals surface area contributed by atoms with E-state index in [2.05, 4.69) is 54.3 Å². The second kappa shape index (κ2) is 24.9. The largest absolute Gasteiger partial charge is 0.494 e. The van der Waals surface area contributed by atoms with E-state index in [1.165, 1.54) is 4.57 Å². The van der Waals surface area contributed by atoms with Gasteiger partial charge in [0.25, 0.3) is 0 Å². The molecule has 1 aromatic heterocycles. The number of thioether (sulfide) groups is 1. The highest BCUT2D eigenvalue weighted by Crippen LogP contribution is 2.44. The summed E-state index contributed by atoms with van der Waals surface area (Å²) in [6, 6.07) is 5.76. The molecule has 16 heteroatoms. The lowest BCUT2D eigenvalue weighted by atomic mass is 10.0. The number of aromatic nitrogens is 1. The van der Waals surface area contributed by atoms with E-state index in [1.54, 1.807) is 55.9 Å². The third kappa shape index (κ3) is 17.6. The molecule has 0 bridgehead atoms. The predicted octanol–water partition coefficient (Wildman–Crippen LogP) is 6.65. The predicted molar refractivity (Wildman–Crippen MR) is 224 cm³/mol. The summed E-state index contributed by atoms with van der Waals surface area (Å²) >= 11 is 1.55. The SMILES string of the molecule is CCCCC(C)NC(=O)OCc1ccc(NC(=O)C(CCCNC(N)=O)NC(=O)C(NC(=O)CCCCCn2c(O)cc(SC(C)(CC)CC)c2O)C(C)C)cc1. The van der Waals surface area contributed by atoms with Crippen LogP contribution in [0.3, 0.4) is 0 Å². The molecule has 3 unspecified atom stereocenters. The number of carbonyl (C=O) groups is 5. The number of nitrogens with one attached hydrogen (secondary N) is 5. The summed E-state index contributed by atoms with van der Waals surface area (Å²) in [4.78, 5) is 64.0. The standard InChI is InChI=1S/C41H67N7O8S/c1-8-11-16-28(6)44-40(55)56-26-29-19-21-30(22-20-29)45-36(51)31(17-15-23-43-39(42)54)46-37(52)35(27(4)5)47-33(49)18-13-12-14-24-48-34(50)25-32(38(48)53)57-41(7,9-2)10-3/h19-22,25,27-28,31,35,50,53H,8-18,23-24,26H2,1-7H3,(H,44,55)(H,45,51)(H,46,52)(H,47,49)(H3,42,43,54). The molecular formula is C41H67N7O8S. The number of ether oxygens (including phenoxy) is 1. The maximum absolute atomic E-state index is 13.5. The first-order valence-electron chi connectivity index (χ1n) is 20.3. The number of aromatic hydroxyl groups is 2. The topological polar surface area (TPSA) is 226 Å². The Kier molecular flexibility index (Phi) is 21.2. The van der Waals surface area contributed by atoms with Crippen molar-refractivity contribution >= 4 is 47.3 Å². The lowest BCUT2D eigenvalue weighted by Gasteiger charge is -2.25. The van der Waals surface area contributed by atoms with Crippen LogP contribution in [0.25, 0.3) is 0 Å². The van der Waals surface area contributed by atoms with Gasteiger partial charge in [0.05, 0.1) is 4.90 Å². The molecule has 57 heavy (non-hydrogen) atoms. The van der Waals surface area contributed by atoms with Crippen molar-refractivity contribution in [1.82, 2.24) is 25.8 Å². The Bertz CT molecular complexity index is 1580. The van der Waals surface area contributed by atoms with Gasteiger partial charge in [0.15, 0.2) is 5.88 Å². The van der Waals surface area contributed by atoms with E-state index in [-0.39, 0.29) is 60.4 Å². The number of alkyl carbamates (subject to hydrolysis) is 1. The molecule has 2 rings (SSSR count). The lowest BCUT2D eigenvalue weighted by molar-refractivity contribution is -0.132. The molecule has 0 fully saturated rings. The number of benzene rings is 1. The van der Waals surface area contributed by atoms with Gasteiger partial charge in [0, 0.05) is 42.1 Å².